The molecule has 0 bridgehead atoms. The van der Waals surface area contributed by atoms with E-state index in [0.717, 1.165) is 10.9 Å². The Morgan fingerprint density at radius 3 is 2.76 bits per heavy atom. The third-order valence-corrected chi connectivity index (χ3v) is 6.07. The highest BCUT2D eigenvalue weighted by atomic mass is 16.1. The Bertz CT molecular complexity index is 1470. The number of pyridine rings is 3. The number of carbonyl (C=O) groups is 1. The van der Waals surface area contributed by atoms with Crippen molar-refractivity contribution in [1.29, 1.82) is 10.5 Å². The van der Waals surface area contributed by atoms with E-state index >= 15 is 0 Å². The van der Waals surface area contributed by atoms with Crippen LogP contribution in [0.1, 0.15) is 29.8 Å². The Morgan fingerprint density at radius 2 is 2.00 bits per heavy atom. The van der Waals surface area contributed by atoms with Gasteiger partial charge in [0.15, 0.2) is 0 Å². The Kier molecular flexibility index (Phi) is 4.80. The lowest BCUT2D eigenvalue weighted by Crippen LogP contribution is -2.46. The predicted molar refractivity (Wildman–Crippen MR) is 119 cm³/mol. The molecular formula is C24H18N8O. The summed E-state index contributed by atoms with van der Waals surface area (Å²) in [6.45, 7) is 0. The standard InChI is InChI=1S/C24H18N8O/c25-6-5-24(12-15(13-24)14-26)32-9-4-18(31-32)22-17-2-1-7-28-20(17)11-19(30-22)16-3-8-29-21(10-16)23(27)33/h1-4,7-11,15H,5,12-13H2,(H2,27,33)/t15-,24+. The predicted octanol–water partition coefficient (Wildman–Crippen LogP) is 3.20. The topological polar surface area (TPSA) is 147 Å². The van der Waals surface area contributed by atoms with E-state index in [9.17, 15) is 15.3 Å². The van der Waals surface area contributed by atoms with Gasteiger partial charge in [-0.15, -0.1) is 0 Å². The molecule has 4 aromatic heterocycles. The molecule has 4 heterocycles. The molecule has 0 radical (unpaired) electrons. The van der Waals surface area contributed by atoms with Crippen molar-refractivity contribution in [1.82, 2.24) is 24.7 Å². The van der Waals surface area contributed by atoms with Gasteiger partial charge in [-0.2, -0.15) is 15.6 Å². The molecule has 9 heteroatoms. The summed E-state index contributed by atoms with van der Waals surface area (Å²) in [6.07, 6.45) is 6.54. The minimum absolute atomic E-state index is 0.0661. The zero-order chi connectivity index (χ0) is 23.0. The lowest BCUT2D eigenvalue weighted by Gasteiger charge is -2.43. The number of nitriles is 2. The number of nitrogens with two attached hydrogens (primary N) is 1. The van der Waals surface area contributed by atoms with Gasteiger partial charge in [0, 0.05) is 29.5 Å². The lowest BCUT2D eigenvalue weighted by molar-refractivity contribution is 0.0884. The molecule has 1 aliphatic rings. The molecule has 0 aliphatic heterocycles. The van der Waals surface area contributed by atoms with Crippen LogP contribution >= 0.6 is 0 Å². The van der Waals surface area contributed by atoms with Crippen LogP contribution in [-0.2, 0) is 5.54 Å². The van der Waals surface area contributed by atoms with Gasteiger partial charge < -0.3 is 5.73 Å². The Morgan fingerprint density at radius 1 is 1.15 bits per heavy atom. The Labute approximate surface area is 189 Å². The maximum absolute atomic E-state index is 11.6. The summed E-state index contributed by atoms with van der Waals surface area (Å²) in [5, 5.41) is 24.2. The van der Waals surface area contributed by atoms with Crippen molar-refractivity contribution in [2.75, 3.05) is 0 Å². The Hall–Kier alpha value is -4.63. The highest BCUT2D eigenvalue weighted by molar-refractivity contribution is 5.95. The van der Waals surface area contributed by atoms with Crippen molar-refractivity contribution >= 4 is 16.8 Å². The summed E-state index contributed by atoms with van der Waals surface area (Å²) in [5.41, 5.74) is 8.35. The average molecular weight is 434 g/mol. The Balaban J connectivity index is 1.62. The fraction of sp³-hybridized carbons (Fsp3) is 0.208. The molecule has 160 valence electrons. The second-order valence-corrected chi connectivity index (χ2v) is 8.16. The van der Waals surface area contributed by atoms with E-state index in [1.165, 1.54) is 6.20 Å². The van der Waals surface area contributed by atoms with E-state index in [1.807, 2.05) is 30.5 Å². The van der Waals surface area contributed by atoms with Gasteiger partial charge in [0.2, 0.25) is 0 Å². The van der Waals surface area contributed by atoms with Gasteiger partial charge >= 0.3 is 0 Å². The molecule has 2 N–H and O–H groups in total. The lowest BCUT2D eigenvalue weighted by atomic mass is 9.67. The van der Waals surface area contributed by atoms with Crippen LogP contribution in [0.4, 0.5) is 0 Å². The van der Waals surface area contributed by atoms with E-state index in [4.69, 9.17) is 15.8 Å². The molecule has 1 aliphatic carbocycles. The van der Waals surface area contributed by atoms with Gasteiger partial charge in [-0.3, -0.25) is 19.4 Å². The molecule has 1 saturated carbocycles. The van der Waals surface area contributed by atoms with Crippen molar-refractivity contribution in [2.45, 2.75) is 24.8 Å². The summed E-state index contributed by atoms with van der Waals surface area (Å²) >= 11 is 0. The van der Waals surface area contributed by atoms with Crippen LogP contribution in [0.3, 0.4) is 0 Å². The monoisotopic (exact) mass is 434 g/mol. The minimum Gasteiger partial charge on any atom is -0.364 e. The van der Waals surface area contributed by atoms with Crippen molar-refractivity contribution in [3.8, 4) is 34.8 Å². The third-order valence-electron chi connectivity index (χ3n) is 6.07. The van der Waals surface area contributed by atoms with Crippen molar-refractivity contribution in [3.63, 3.8) is 0 Å². The van der Waals surface area contributed by atoms with Crippen molar-refractivity contribution < 1.29 is 4.79 Å². The number of fused-ring (bicyclic) bond motifs is 1. The van der Waals surface area contributed by atoms with Gasteiger partial charge in [0.25, 0.3) is 5.91 Å². The molecule has 4 aromatic rings. The largest absolute Gasteiger partial charge is 0.364 e. The molecule has 0 unspecified atom stereocenters. The SMILES string of the molecule is N#CC[C@]1(n2ccc(-c3nc(-c4ccnc(C(N)=O)c4)cc4ncccc34)n2)C[C@@H](C#N)C1. The first-order chi connectivity index (χ1) is 16.0. The number of amides is 1. The second-order valence-electron chi connectivity index (χ2n) is 8.16. The molecule has 0 saturated heterocycles. The summed E-state index contributed by atoms with van der Waals surface area (Å²) in [5.74, 6) is -0.683. The van der Waals surface area contributed by atoms with Crippen LogP contribution in [0.25, 0.3) is 33.5 Å². The summed E-state index contributed by atoms with van der Waals surface area (Å²) in [4.78, 5) is 24.9. The molecular weight excluding hydrogens is 416 g/mol. The molecule has 5 rings (SSSR count). The maximum Gasteiger partial charge on any atom is 0.267 e. The van der Waals surface area contributed by atoms with Crippen LogP contribution in [0.2, 0.25) is 0 Å². The zero-order valence-electron chi connectivity index (χ0n) is 17.5. The van der Waals surface area contributed by atoms with Crippen LogP contribution < -0.4 is 5.73 Å². The minimum atomic E-state index is -0.617. The molecule has 33 heavy (non-hydrogen) atoms. The van der Waals surface area contributed by atoms with Crippen LogP contribution in [0.15, 0.2) is 55.0 Å². The van der Waals surface area contributed by atoms with Gasteiger partial charge in [0.1, 0.15) is 17.1 Å². The number of hydrogen-bond donors (Lipinski definition) is 1. The quantitative estimate of drug-likeness (QED) is 0.507. The molecule has 0 atom stereocenters. The fourth-order valence-corrected chi connectivity index (χ4v) is 4.37. The normalized spacial score (nSPS) is 19.4. The first-order valence-electron chi connectivity index (χ1n) is 10.4. The van der Waals surface area contributed by atoms with E-state index in [0.29, 0.717) is 35.5 Å². The van der Waals surface area contributed by atoms with E-state index in [-0.39, 0.29) is 18.0 Å². The summed E-state index contributed by atoms with van der Waals surface area (Å²) in [6, 6.07) is 15.3. The van der Waals surface area contributed by atoms with Crippen LogP contribution in [-0.4, -0.2) is 30.6 Å². The highest BCUT2D eigenvalue weighted by Gasteiger charge is 2.46. The van der Waals surface area contributed by atoms with E-state index in [2.05, 4.69) is 22.1 Å². The number of hydrogen-bond acceptors (Lipinski definition) is 7. The molecule has 1 amide bonds. The number of nitrogens with zero attached hydrogens (tertiary/aromatic N) is 7. The van der Waals surface area contributed by atoms with Crippen LogP contribution in [0, 0.1) is 28.6 Å². The molecule has 0 spiro atoms. The second kappa shape index (κ2) is 7.81. The van der Waals surface area contributed by atoms with Gasteiger partial charge in [0.05, 0.1) is 41.2 Å². The van der Waals surface area contributed by atoms with Gasteiger partial charge in [-0.1, -0.05) is 0 Å². The average Bonchev–Trinajstić information content (AvgIpc) is 3.31. The summed E-state index contributed by atoms with van der Waals surface area (Å²) in [7, 11) is 0. The number of aromatic nitrogens is 5. The summed E-state index contributed by atoms with van der Waals surface area (Å²) < 4.78 is 1.80. The van der Waals surface area contributed by atoms with Gasteiger partial charge in [-0.25, -0.2) is 4.98 Å². The zero-order valence-corrected chi connectivity index (χ0v) is 17.5. The van der Waals surface area contributed by atoms with E-state index in [1.54, 1.807) is 23.0 Å². The first-order valence-corrected chi connectivity index (χ1v) is 10.4. The number of primary amides is 1. The van der Waals surface area contributed by atoms with Crippen molar-refractivity contribution in [3.05, 3.63) is 60.7 Å². The first kappa shape index (κ1) is 20.3. The van der Waals surface area contributed by atoms with E-state index < -0.39 is 11.4 Å². The highest BCUT2D eigenvalue weighted by Crippen LogP contribution is 2.46. The molecule has 0 aromatic carbocycles. The smallest absolute Gasteiger partial charge is 0.267 e. The van der Waals surface area contributed by atoms with Crippen molar-refractivity contribution in [2.24, 2.45) is 11.7 Å². The molecule has 9 nitrogen and oxygen atoms in total. The third kappa shape index (κ3) is 3.46. The molecule has 1 fully saturated rings. The maximum atomic E-state index is 11.6. The number of rotatable bonds is 5. The fourth-order valence-electron chi connectivity index (χ4n) is 4.37. The van der Waals surface area contributed by atoms with Gasteiger partial charge in [-0.05, 0) is 49.2 Å². The van der Waals surface area contributed by atoms with Crippen LogP contribution in [0.5, 0.6) is 0 Å². The number of carbonyl (C=O) groups excluding carboxylic acids is 1.